The van der Waals surface area contributed by atoms with E-state index in [4.69, 9.17) is 14.2 Å². The van der Waals surface area contributed by atoms with Gasteiger partial charge in [0.15, 0.2) is 5.82 Å². The van der Waals surface area contributed by atoms with E-state index in [2.05, 4.69) is 15.3 Å². The van der Waals surface area contributed by atoms with Crippen LogP contribution in [0.4, 0.5) is 0 Å². The zero-order valence-corrected chi connectivity index (χ0v) is 15.0. The number of hydrogen-bond acceptors (Lipinski definition) is 8. The van der Waals surface area contributed by atoms with E-state index in [1.165, 1.54) is 11.8 Å². The summed E-state index contributed by atoms with van der Waals surface area (Å²) in [4.78, 5) is 11.7. The van der Waals surface area contributed by atoms with Crippen molar-refractivity contribution in [3.05, 3.63) is 18.2 Å². The molecule has 9 heteroatoms. The number of rotatable bonds is 6. The van der Waals surface area contributed by atoms with E-state index in [-0.39, 0.29) is 12.4 Å². The summed E-state index contributed by atoms with van der Waals surface area (Å²) in [5.41, 5.74) is 1.48. The normalized spacial score (nSPS) is 13.0. The summed E-state index contributed by atoms with van der Waals surface area (Å²) in [6.45, 7) is 2.13. The van der Waals surface area contributed by atoms with E-state index in [9.17, 15) is 4.79 Å². The first kappa shape index (κ1) is 17.3. The molecule has 1 aliphatic rings. The molecule has 25 heavy (non-hydrogen) atoms. The summed E-state index contributed by atoms with van der Waals surface area (Å²) in [5, 5.41) is 13.6. The smallest absolute Gasteiger partial charge is 0.311 e. The van der Waals surface area contributed by atoms with Crippen molar-refractivity contribution in [1.82, 2.24) is 14.9 Å². The average Bonchev–Trinajstić information content (AvgIpc) is 3.04. The van der Waals surface area contributed by atoms with E-state index in [1.54, 1.807) is 31.9 Å². The monoisotopic (exact) mass is 362 g/mol. The van der Waals surface area contributed by atoms with Gasteiger partial charge in [-0.25, -0.2) is 0 Å². The molecule has 2 heterocycles. The third-order valence-electron chi connectivity index (χ3n) is 3.48. The first-order valence-electron chi connectivity index (χ1n) is 7.68. The quantitative estimate of drug-likeness (QED) is 0.728. The van der Waals surface area contributed by atoms with Crippen molar-refractivity contribution in [1.29, 1.82) is 0 Å². The Morgan fingerprint density at radius 1 is 1.20 bits per heavy atom. The molecular weight excluding hydrogens is 344 g/mol. The Hall–Kier alpha value is -2.55. The predicted molar refractivity (Wildman–Crippen MR) is 93.4 cm³/mol. The predicted octanol–water partition coefficient (Wildman–Crippen LogP) is 2.23. The highest BCUT2D eigenvalue weighted by Gasteiger charge is 2.22. The van der Waals surface area contributed by atoms with Crippen LogP contribution in [0.25, 0.3) is 11.4 Å². The maximum atomic E-state index is 11.7. The van der Waals surface area contributed by atoms with Crippen LogP contribution in [0, 0.1) is 0 Å². The van der Waals surface area contributed by atoms with E-state index in [0.717, 1.165) is 5.56 Å². The molecule has 1 aromatic carbocycles. The first-order chi connectivity index (χ1) is 12.1. The summed E-state index contributed by atoms with van der Waals surface area (Å²) >= 11 is 1.48. The minimum Gasteiger partial charge on any atom is -0.497 e. The molecule has 0 radical (unpaired) electrons. The molecule has 0 spiro atoms. The number of nitrogens with zero attached hydrogens (tertiary/aromatic N) is 4. The van der Waals surface area contributed by atoms with Crippen LogP contribution in [0.5, 0.6) is 11.5 Å². The molecule has 1 aliphatic heterocycles. The van der Waals surface area contributed by atoms with Crippen molar-refractivity contribution < 1.29 is 19.0 Å². The molecule has 0 aliphatic carbocycles. The lowest BCUT2D eigenvalue weighted by Gasteiger charge is -2.14. The summed E-state index contributed by atoms with van der Waals surface area (Å²) in [6.07, 6.45) is 0.152. The van der Waals surface area contributed by atoms with E-state index in [1.807, 2.05) is 12.1 Å². The van der Waals surface area contributed by atoms with Gasteiger partial charge >= 0.3 is 5.97 Å². The average molecular weight is 362 g/mol. The number of carbonyl (C=O) groups is 1. The maximum absolute atomic E-state index is 11.7. The number of esters is 1. The Kier molecular flexibility index (Phi) is 5.22. The summed E-state index contributed by atoms with van der Waals surface area (Å²) in [5.74, 6) is 2.14. The van der Waals surface area contributed by atoms with Gasteiger partial charge in [0, 0.05) is 17.4 Å². The molecule has 0 saturated carbocycles. The van der Waals surface area contributed by atoms with Crippen molar-refractivity contribution in [2.75, 3.05) is 26.6 Å². The molecule has 2 aromatic rings. The molecule has 3 rings (SSSR count). The standard InChI is InChI=1S/C16H18N4O4S/c1-4-24-14(21)7-11-9-25-16-18-17-15(20(16)19-11)10-5-12(22-2)8-13(6-10)23-3/h5-6,8H,4,7,9H2,1-3H3. The molecule has 132 valence electrons. The topological polar surface area (TPSA) is 87.8 Å². The zero-order chi connectivity index (χ0) is 17.8. The molecule has 0 saturated heterocycles. The third kappa shape index (κ3) is 3.76. The largest absolute Gasteiger partial charge is 0.497 e. The number of ether oxygens (including phenoxy) is 3. The number of thioether (sulfide) groups is 1. The SMILES string of the molecule is CCOC(=O)CC1=Nn2c(nnc2-c2cc(OC)cc(OC)c2)SC1. The minimum atomic E-state index is -0.289. The van der Waals surface area contributed by atoms with E-state index in [0.29, 0.717) is 40.6 Å². The molecule has 8 nitrogen and oxygen atoms in total. The Morgan fingerprint density at radius 2 is 1.92 bits per heavy atom. The first-order valence-corrected chi connectivity index (χ1v) is 8.67. The van der Waals surface area contributed by atoms with Crippen molar-refractivity contribution in [3.63, 3.8) is 0 Å². The minimum absolute atomic E-state index is 0.152. The number of benzene rings is 1. The van der Waals surface area contributed by atoms with Gasteiger partial charge in [0.2, 0.25) is 5.16 Å². The molecule has 0 bridgehead atoms. The van der Waals surface area contributed by atoms with Crippen LogP contribution < -0.4 is 9.47 Å². The van der Waals surface area contributed by atoms with Crippen molar-refractivity contribution >= 4 is 23.4 Å². The number of methoxy groups -OCH3 is 2. The van der Waals surface area contributed by atoms with Gasteiger partial charge in [-0.1, -0.05) is 11.8 Å². The lowest BCUT2D eigenvalue weighted by atomic mass is 10.2. The third-order valence-corrected chi connectivity index (χ3v) is 4.48. The summed E-state index contributed by atoms with van der Waals surface area (Å²) in [6, 6.07) is 5.44. The molecule has 0 amide bonds. The van der Waals surface area contributed by atoms with Crippen LogP contribution >= 0.6 is 11.8 Å². The van der Waals surface area contributed by atoms with Crippen LogP contribution in [0.15, 0.2) is 28.5 Å². The van der Waals surface area contributed by atoms with Crippen LogP contribution in [0.1, 0.15) is 13.3 Å². The fourth-order valence-electron chi connectivity index (χ4n) is 2.35. The number of fused-ring (bicyclic) bond motifs is 1. The molecule has 0 fully saturated rings. The second-order valence-electron chi connectivity index (χ2n) is 5.16. The second kappa shape index (κ2) is 7.56. The number of hydrogen-bond donors (Lipinski definition) is 0. The van der Waals surface area contributed by atoms with Gasteiger partial charge in [-0.3, -0.25) is 4.79 Å². The van der Waals surface area contributed by atoms with E-state index >= 15 is 0 Å². The Morgan fingerprint density at radius 3 is 2.56 bits per heavy atom. The van der Waals surface area contributed by atoms with Gasteiger partial charge in [0.25, 0.3) is 0 Å². The molecule has 0 unspecified atom stereocenters. The van der Waals surface area contributed by atoms with Gasteiger partial charge in [0.05, 0.1) is 33.0 Å². The highest BCUT2D eigenvalue weighted by Crippen LogP contribution is 2.32. The van der Waals surface area contributed by atoms with Crippen molar-refractivity contribution in [2.45, 2.75) is 18.5 Å². The fourth-order valence-corrected chi connectivity index (χ4v) is 3.15. The molecule has 1 aromatic heterocycles. The Bertz CT molecular complexity index is 796. The number of carbonyl (C=O) groups excluding carboxylic acids is 1. The van der Waals surface area contributed by atoms with Gasteiger partial charge < -0.3 is 14.2 Å². The van der Waals surface area contributed by atoms with Gasteiger partial charge in [0.1, 0.15) is 11.5 Å². The summed E-state index contributed by atoms with van der Waals surface area (Å²) < 4.78 is 17.2. The fraction of sp³-hybridized carbons (Fsp3) is 0.375. The highest BCUT2D eigenvalue weighted by molar-refractivity contribution is 7.99. The highest BCUT2D eigenvalue weighted by atomic mass is 32.2. The van der Waals surface area contributed by atoms with Crippen LogP contribution in [-0.2, 0) is 9.53 Å². The van der Waals surface area contributed by atoms with Gasteiger partial charge in [-0.05, 0) is 19.1 Å². The molecular formula is C16H18N4O4S. The van der Waals surface area contributed by atoms with Crippen LogP contribution in [-0.4, -0.2) is 53.1 Å². The van der Waals surface area contributed by atoms with Crippen LogP contribution in [0.3, 0.4) is 0 Å². The van der Waals surface area contributed by atoms with Crippen LogP contribution in [0.2, 0.25) is 0 Å². The molecule has 0 atom stereocenters. The zero-order valence-electron chi connectivity index (χ0n) is 14.2. The van der Waals surface area contributed by atoms with E-state index < -0.39 is 0 Å². The van der Waals surface area contributed by atoms with Gasteiger partial charge in [-0.15, -0.1) is 10.2 Å². The Balaban J connectivity index is 1.96. The Labute approximate surface area is 149 Å². The van der Waals surface area contributed by atoms with Crippen molar-refractivity contribution in [2.24, 2.45) is 5.10 Å². The molecule has 0 N–H and O–H groups in total. The van der Waals surface area contributed by atoms with Crippen molar-refractivity contribution in [3.8, 4) is 22.9 Å². The second-order valence-corrected chi connectivity index (χ2v) is 6.10. The lowest BCUT2D eigenvalue weighted by Crippen LogP contribution is -2.18. The summed E-state index contributed by atoms with van der Waals surface area (Å²) in [7, 11) is 3.17. The number of aromatic nitrogens is 3. The lowest BCUT2D eigenvalue weighted by molar-refractivity contribution is -0.141. The van der Waals surface area contributed by atoms with Gasteiger partial charge in [-0.2, -0.15) is 9.78 Å². The maximum Gasteiger partial charge on any atom is 0.311 e.